The molecule has 2 fully saturated rings. The van der Waals surface area contributed by atoms with E-state index >= 15 is 0 Å². The van der Waals surface area contributed by atoms with Crippen LogP contribution in [0.2, 0.25) is 0 Å². The summed E-state index contributed by atoms with van der Waals surface area (Å²) in [5.41, 5.74) is 7.14. The van der Waals surface area contributed by atoms with Crippen LogP contribution in [0.1, 0.15) is 84.2 Å². The van der Waals surface area contributed by atoms with Gasteiger partial charge in [-0.1, -0.05) is 39.0 Å². The topological polar surface area (TPSA) is 110 Å². The van der Waals surface area contributed by atoms with Crippen molar-refractivity contribution in [3.8, 4) is 0 Å². The molecule has 0 spiro atoms. The van der Waals surface area contributed by atoms with E-state index in [1.165, 1.54) is 19.3 Å². The summed E-state index contributed by atoms with van der Waals surface area (Å²) in [6, 6.07) is 3.94. The van der Waals surface area contributed by atoms with Gasteiger partial charge in [0.05, 0.1) is 6.04 Å². The number of primary amides is 1. The molecule has 7 heteroatoms. The molecule has 2 aliphatic heterocycles. The molecule has 0 aromatic heterocycles. The van der Waals surface area contributed by atoms with Crippen molar-refractivity contribution in [2.45, 2.75) is 64.0 Å². The number of rotatable bonds is 4. The van der Waals surface area contributed by atoms with E-state index in [0.717, 1.165) is 18.4 Å². The average Bonchev–Trinajstić information content (AvgIpc) is 3.00. The molecule has 2 heterocycles. The molecule has 3 atom stereocenters. The predicted octanol–water partition coefficient (Wildman–Crippen LogP) is 2.30. The number of nitrogens with zero attached hydrogens (tertiary/aromatic N) is 1. The van der Waals surface area contributed by atoms with Gasteiger partial charge in [0.25, 0.3) is 5.91 Å². The van der Waals surface area contributed by atoms with E-state index in [2.05, 4.69) is 12.2 Å². The molecule has 4 rings (SSSR count). The third-order valence-electron chi connectivity index (χ3n) is 6.86. The Morgan fingerprint density at radius 1 is 1.14 bits per heavy atom. The lowest BCUT2D eigenvalue weighted by atomic mass is 9.75. The second-order valence-electron chi connectivity index (χ2n) is 8.55. The minimum atomic E-state index is -0.680. The first-order chi connectivity index (χ1) is 13.9. The lowest BCUT2D eigenvalue weighted by molar-refractivity contribution is -0.137. The Bertz CT molecular complexity index is 875. The SMILES string of the molecule is C[C@@H](C1CCCCC1)C1c2cc(C(N)=O)ccc2C(=O)N1C1CCC(=O)NC1=O. The quantitative estimate of drug-likeness (QED) is 0.760. The van der Waals surface area contributed by atoms with Gasteiger partial charge in [-0.15, -0.1) is 0 Å². The van der Waals surface area contributed by atoms with E-state index in [1.54, 1.807) is 23.1 Å². The Balaban J connectivity index is 1.76. The number of nitrogens with two attached hydrogens (primary N) is 1. The standard InChI is InChI=1S/C22H27N3O4/c1-12(13-5-3-2-4-6-13)19-16-11-14(20(23)27)7-8-15(16)22(29)25(19)17-9-10-18(26)24-21(17)28/h7-8,11-13,17,19H,2-6,9-10H2,1H3,(H2,23,27)(H,24,26,28)/t12-,17?,19?/m0/s1. The molecular formula is C22H27N3O4. The van der Waals surface area contributed by atoms with Crippen LogP contribution in [-0.2, 0) is 9.59 Å². The van der Waals surface area contributed by atoms with Crippen molar-refractivity contribution in [2.24, 2.45) is 17.6 Å². The van der Waals surface area contributed by atoms with Gasteiger partial charge in [0.1, 0.15) is 6.04 Å². The third kappa shape index (κ3) is 3.43. The van der Waals surface area contributed by atoms with Crippen molar-refractivity contribution in [3.05, 3.63) is 34.9 Å². The Kier molecular flexibility index (Phi) is 5.15. The monoisotopic (exact) mass is 397 g/mol. The smallest absolute Gasteiger partial charge is 0.255 e. The molecule has 3 aliphatic rings. The van der Waals surface area contributed by atoms with Crippen molar-refractivity contribution in [3.63, 3.8) is 0 Å². The number of imide groups is 1. The first-order valence-electron chi connectivity index (χ1n) is 10.5. The zero-order valence-electron chi connectivity index (χ0n) is 16.6. The van der Waals surface area contributed by atoms with Gasteiger partial charge in [0.2, 0.25) is 17.7 Å². The van der Waals surface area contributed by atoms with Crippen LogP contribution in [-0.4, -0.2) is 34.6 Å². The van der Waals surface area contributed by atoms with Crippen LogP contribution in [0.4, 0.5) is 0 Å². The molecule has 2 unspecified atom stereocenters. The summed E-state index contributed by atoms with van der Waals surface area (Å²) >= 11 is 0. The van der Waals surface area contributed by atoms with Crippen molar-refractivity contribution in [1.29, 1.82) is 0 Å². The van der Waals surface area contributed by atoms with Crippen molar-refractivity contribution < 1.29 is 19.2 Å². The van der Waals surface area contributed by atoms with Crippen LogP contribution in [0.25, 0.3) is 0 Å². The lowest BCUT2D eigenvalue weighted by Crippen LogP contribution is -2.54. The summed E-state index contributed by atoms with van der Waals surface area (Å²) in [4.78, 5) is 51.0. The lowest BCUT2D eigenvalue weighted by Gasteiger charge is -2.40. The van der Waals surface area contributed by atoms with E-state index in [0.29, 0.717) is 23.5 Å². The number of carbonyl (C=O) groups excluding carboxylic acids is 4. The molecule has 1 aromatic rings. The Morgan fingerprint density at radius 3 is 2.52 bits per heavy atom. The largest absolute Gasteiger partial charge is 0.366 e. The van der Waals surface area contributed by atoms with Gasteiger partial charge in [0.15, 0.2) is 0 Å². The maximum absolute atomic E-state index is 13.3. The zero-order chi connectivity index (χ0) is 20.7. The highest BCUT2D eigenvalue weighted by Gasteiger charge is 2.48. The fourth-order valence-electron chi connectivity index (χ4n) is 5.31. The van der Waals surface area contributed by atoms with Crippen LogP contribution >= 0.6 is 0 Å². The number of piperidine rings is 1. The summed E-state index contributed by atoms with van der Waals surface area (Å²) in [5, 5.41) is 2.38. The summed E-state index contributed by atoms with van der Waals surface area (Å²) in [6.07, 6.45) is 6.30. The van der Waals surface area contributed by atoms with Crippen molar-refractivity contribution in [1.82, 2.24) is 10.2 Å². The Morgan fingerprint density at radius 2 is 1.86 bits per heavy atom. The minimum absolute atomic E-state index is 0.133. The van der Waals surface area contributed by atoms with E-state index < -0.39 is 17.9 Å². The van der Waals surface area contributed by atoms with Crippen LogP contribution < -0.4 is 11.1 Å². The molecule has 7 nitrogen and oxygen atoms in total. The Hall–Kier alpha value is -2.70. The van der Waals surface area contributed by atoms with Gasteiger partial charge < -0.3 is 10.6 Å². The number of carbonyl (C=O) groups is 4. The number of fused-ring (bicyclic) bond motifs is 1. The summed E-state index contributed by atoms with van der Waals surface area (Å²) in [7, 11) is 0. The van der Waals surface area contributed by atoms with Gasteiger partial charge >= 0.3 is 0 Å². The van der Waals surface area contributed by atoms with E-state index in [1.807, 2.05) is 0 Å². The van der Waals surface area contributed by atoms with E-state index in [-0.39, 0.29) is 30.2 Å². The number of benzene rings is 1. The summed E-state index contributed by atoms with van der Waals surface area (Å²) in [5.74, 6) is -0.891. The molecule has 1 saturated heterocycles. The molecule has 29 heavy (non-hydrogen) atoms. The minimum Gasteiger partial charge on any atom is -0.366 e. The fourth-order valence-corrected chi connectivity index (χ4v) is 5.31. The van der Waals surface area contributed by atoms with Crippen LogP contribution in [0.3, 0.4) is 0 Å². The normalized spacial score (nSPS) is 26.2. The Labute approximate surface area is 170 Å². The molecule has 0 bridgehead atoms. The first-order valence-corrected chi connectivity index (χ1v) is 10.5. The molecule has 1 saturated carbocycles. The zero-order valence-corrected chi connectivity index (χ0v) is 16.6. The molecule has 154 valence electrons. The number of amides is 4. The second-order valence-corrected chi connectivity index (χ2v) is 8.55. The maximum Gasteiger partial charge on any atom is 0.255 e. The number of hydrogen-bond donors (Lipinski definition) is 2. The van der Waals surface area contributed by atoms with Crippen LogP contribution in [0, 0.1) is 11.8 Å². The van der Waals surface area contributed by atoms with Crippen molar-refractivity contribution >= 4 is 23.6 Å². The van der Waals surface area contributed by atoms with Gasteiger partial charge in [-0.25, -0.2) is 0 Å². The van der Waals surface area contributed by atoms with Gasteiger partial charge in [-0.05, 0) is 42.0 Å². The maximum atomic E-state index is 13.3. The molecule has 0 radical (unpaired) electrons. The molecule has 4 amide bonds. The number of nitrogens with one attached hydrogen (secondary N) is 1. The van der Waals surface area contributed by atoms with Gasteiger partial charge in [0, 0.05) is 17.5 Å². The van der Waals surface area contributed by atoms with Crippen LogP contribution in [0.15, 0.2) is 18.2 Å². The second kappa shape index (κ2) is 7.61. The van der Waals surface area contributed by atoms with E-state index in [9.17, 15) is 19.2 Å². The highest BCUT2D eigenvalue weighted by Crippen LogP contribution is 2.46. The fraction of sp³-hybridized carbons (Fsp3) is 0.545. The highest BCUT2D eigenvalue weighted by molar-refractivity contribution is 6.06. The average molecular weight is 397 g/mol. The molecule has 1 aliphatic carbocycles. The van der Waals surface area contributed by atoms with Gasteiger partial charge in [-0.3, -0.25) is 24.5 Å². The predicted molar refractivity (Wildman–Crippen MR) is 106 cm³/mol. The molecule has 1 aromatic carbocycles. The van der Waals surface area contributed by atoms with Crippen molar-refractivity contribution in [2.75, 3.05) is 0 Å². The molecular weight excluding hydrogens is 370 g/mol. The third-order valence-corrected chi connectivity index (χ3v) is 6.86. The summed E-state index contributed by atoms with van der Waals surface area (Å²) < 4.78 is 0. The van der Waals surface area contributed by atoms with Crippen LogP contribution in [0.5, 0.6) is 0 Å². The molecule has 3 N–H and O–H groups in total. The highest BCUT2D eigenvalue weighted by atomic mass is 16.2. The van der Waals surface area contributed by atoms with Gasteiger partial charge in [-0.2, -0.15) is 0 Å². The number of hydrogen-bond acceptors (Lipinski definition) is 4. The first kappa shape index (κ1) is 19.6. The summed E-state index contributed by atoms with van der Waals surface area (Å²) in [6.45, 7) is 2.14. The van der Waals surface area contributed by atoms with E-state index in [4.69, 9.17) is 5.73 Å².